The number of thiazole rings is 1. The summed E-state index contributed by atoms with van der Waals surface area (Å²) in [6, 6.07) is 6.95. The van der Waals surface area contributed by atoms with E-state index in [1.54, 1.807) is 23.6 Å². The van der Waals surface area contributed by atoms with Crippen molar-refractivity contribution >= 4 is 33.8 Å². The van der Waals surface area contributed by atoms with E-state index in [-0.39, 0.29) is 17.6 Å². The van der Waals surface area contributed by atoms with E-state index >= 15 is 0 Å². The Morgan fingerprint density at radius 3 is 3.08 bits per heavy atom. The summed E-state index contributed by atoms with van der Waals surface area (Å²) in [4.78, 5) is 31.2. The van der Waals surface area contributed by atoms with Gasteiger partial charge >= 0.3 is 0 Å². The van der Waals surface area contributed by atoms with Crippen LogP contribution in [-0.4, -0.2) is 22.5 Å². The molecule has 3 heterocycles. The number of hydrogen-bond acceptors (Lipinski definition) is 5. The molecule has 1 amide bonds. The predicted octanol–water partition coefficient (Wildman–Crippen LogP) is 3.40. The molecule has 1 aliphatic heterocycles. The van der Waals surface area contributed by atoms with Crippen LogP contribution in [0.5, 0.6) is 0 Å². The molecule has 0 saturated carbocycles. The van der Waals surface area contributed by atoms with Crippen LogP contribution in [0, 0.1) is 6.92 Å². The summed E-state index contributed by atoms with van der Waals surface area (Å²) in [5.41, 5.74) is 2.54. The van der Waals surface area contributed by atoms with E-state index < -0.39 is 0 Å². The fourth-order valence-corrected chi connectivity index (χ4v) is 3.89. The van der Waals surface area contributed by atoms with E-state index in [0.29, 0.717) is 11.4 Å². The number of nitrogens with zero attached hydrogens (tertiary/aromatic N) is 1. The molecule has 3 aromatic rings. The number of pyridine rings is 1. The Kier molecular flexibility index (Phi) is 4.10. The predicted molar refractivity (Wildman–Crippen MR) is 97.3 cm³/mol. The number of aromatic nitrogens is 2. The third-order valence-electron chi connectivity index (χ3n) is 4.27. The molecule has 1 unspecified atom stereocenters. The van der Waals surface area contributed by atoms with E-state index in [4.69, 9.17) is 4.74 Å². The molecule has 128 valence electrons. The second-order valence-corrected chi connectivity index (χ2v) is 6.99. The number of H-pyrrole nitrogens is 1. The molecule has 7 heteroatoms. The largest absolute Gasteiger partial charge is 0.371 e. The summed E-state index contributed by atoms with van der Waals surface area (Å²) >= 11 is 1.46. The minimum absolute atomic E-state index is 0.0201. The van der Waals surface area contributed by atoms with E-state index in [0.717, 1.165) is 40.9 Å². The summed E-state index contributed by atoms with van der Waals surface area (Å²) in [5.74, 6) is -0.248. The van der Waals surface area contributed by atoms with Gasteiger partial charge in [-0.05, 0) is 43.5 Å². The molecule has 2 N–H and O–H groups in total. The molecule has 25 heavy (non-hydrogen) atoms. The first-order chi connectivity index (χ1) is 12.1. The highest BCUT2D eigenvalue weighted by atomic mass is 32.1. The Morgan fingerprint density at radius 1 is 1.40 bits per heavy atom. The highest BCUT2D eigenvalue weighted by Gasteiger charge is 2.22. The van der Waals surface area contributed by atoms with Gasteiger partial charge in [-0.15, -0.1) is 11.3 Å². The second-order valence-electron chi connectivity index (χ2n) is 6.10. The van der Waals surface area contributed by atoms with E-state index in [9.17, 15) is 9.59 Å². The third kappa shape index (κ3) is 3.20. The smallest absolute Gasteiger partial charge is 0.275 e. The second kappa shape index (κ2) is 6.42. The molecular weight excluding hydrogens is 338 g/mol. The van der Waals surface area contributed by atoms with Gasteiger partial charge in [-0.2, -0.15) is 0 Å². The number of carbonyl (C=O) groups is 1. The molecule has 1 fully saturated rings. The number of carbonyl (C=O) groups excluding carboxylic acids is 1. The fraction of sp³-hybridized carbons (Fsp3) is 0.278. The minimum Gasteiger partial charge on any atom is -0.371 e. The quantitative estimate of drug-likeness (QED) is 0.754. The molecule has 1 atom stereocenters. The van der Waals surface area contributed by atoms with Gasteiger partial charge in [0.05, 0.1) is 0 Å². The van der Waals surface area contributed by atoms with Gasteiger partial charge in [-0.25, -0.2) is 4.98 Å². The Balaban J connectivity index is 1.56. The van der Waals surface area contributed by atoms with Crippen LogP contribution in [-0.2, 0) is 4.74 Å². The highest BCUT2D eigenvalue weighted by molar-refractivity contribution is 7.09. The Bertz CT molecular complexity index is 1000. The van der Waals surface area contributed by atoms with Crippen LogP contribution in [0.4, 0.5) is 5.69 Å². The number of aromatic amines is 1. The standard InChI is InChI=1S/C18H17N3O3S/c1-10-7-16(22)20-13-5-4-11(8-12(10)13)19-17(23)14-9-25-18(21-14)15-3-2-6-24-15/h4-5,7-9,15H,2-3,6H2,1H3,(H,19,23)(H,20,22). The maximum atomic E-state index is 12.5. The zero-order valence-corrected chi connectivity index (χ0v) is 14.5. The van der Waals surface area contributed by atoms with Crippen molar-refractivity contribution in [2.45, 2.75) is 25.9 Å². The van der Waals surface area contributed by atoms with Crippen molar-refractivity contribution in [1.82, 2.24) is 9.97 Å². The van der Waals surface area contributed by atoms with E-state index in [2.05, 4.69) is 15.3 Å². The monoisotopic (exact) mass is 355 g/mol. The SMILES string of the molecule is Cc1cc(=O)[nH]c2ccc(NC(=O)c3csc(C4CCCO4)n3)cc12. The number of aryl methyl sites for hydroxylation is 1. The molecule has 2 aromatic heterocycles. The van der Waals surface area contributed by atoms with Gasteiger partial charge in [-0.1, -0.05) is 0 Å². The molecule has 6 nitrogen and oxygen atoms in total. The molecule has 4 rings (SSSR count). The molecule has 0 spiro atoms. The lowest BCUT2D eigenvalue weighted by atomic mass is 10.1. The summed E-state index contributed by atoms with van der Waals surface area (Å²) in [6.07, 6.45) is 2.01. The van der Waals surface area contributed by atoms with Crippen LogP contribution >= 0.6 is 11.3 Å². The first kappa shape index (κ1) is 16.0. The van der Waals surface area contributed by atoms with Gasteiger partial charge < -0.3 is 15.0 Å². The van der Waals surface area contributed by atoms with Crippen LogP contribution in [0.15, 0.2) is 34.4 Å². The first-order valence-electron chi connectivity index (χ1n) is 8.12. The van der Waals surface area contributed by atoms with E-state index in [1.807, 2.05) is 13.0 Å². The topological polar surface area (TPSA) is 84.1 Å². The first-order valence-corrected chi connectivity index (χ1v) is 9.00. The maximum absolute atomic E-state index is 12.5. The number of ether oxygens (including phenoxy) is 1. The lowest BCUT2D eigenvalue weighted by molar-refractivity contribution is 0.101. The molecule has 1 aromatic carbocycles. The van der Waals surface area contributed by atoms with Gasteiger partial charge in [0.15, 0.2) is 0 Å². The number of rotatable bonds is 3. The zero-order chi connectivity index (χ0) is 17.4. The lowest BCUT2D eigenvalue weighted by Gasteiger charge is -2.07. The summed E-state index contributed by atoms with van der Waals surface area (Å²) in [6.45, 7) is 2.63. The van der Waals surface area contributed by atoms with Crippen molar-refractivity contribution in [1.29, 1.82) is 0 Å². The van der Waals surface area contributed by atoms with Crippen molar-refractivity contribution < 1.29 is 9.53 Å². The van der Waals surface area contributed by atoms with Gasteiger partial charge in [0.25, 0.3) is 5.91 Å². The van der Waals surface area contributed by atoms with Gasteiger partial charge in [0.1, 0.15) is 16.8 Å². The number of nitrogens with one attached hydrogen (secondary N) is 2. The van der Waals surface area contributed by atoms with Crippen molar-refractivity contribution in [2.75, 3.05) is 11.9 Å². The van der Waals surface area contributed by atoms with Crippen LogP contribution in [0.3, 0.4) is 0 Å². The highest BCUT2D eigenvalue weighted by Crippen LogP contribution is 2.30. The van der Waals surface area contributed by atoms with Crippen LogP contribution in [0.1, 0.15) is 40.0 Å². The number of amides is 1. The normalized spacial score (nSPS) is 17.1. The Hall–Kier alpha value is -2.51. The third-order valence-corrected chi connectivity index (χ3v) is 5.20. The number of benzene rings is 1. The minimum atomic E-state index is -0.248. The summed E-state index contributed by atoms with van der Waals surface area (Å²) in [7, 11) is 0. The number of anilines is 1. The van der Waals surface area contributed by atoms with Crippen molar-refractivity contribution in [3.05, 3.63) is 56.3 Å². The molecule has 1 aliphatic rings. The van der Waals surface area contributed by atoms with Crippen LogP contribution in [0.2, 0.25) is 0 Å². The molecule has 0 aliphatic carbocycles. The van der Waals surface area contributed by atoms with Crippen molar-refractivity contribution in [3.63, 3.8) is 0 Å². The Labute approximate surface area is 147 Å². The summed E-state index contributed by atoms with van der Waals surface area (Å²) in [5, 5.41) is 6.38. The molecule has 0 bridgehead atoms. The number of hydrogen-bond donors (Lipinski definition) is 2. The Morgan fingerprint density at radius 2 is 2.28 bits per heavy atom. The average molecular weight is 355 g/mol. The maximum Gasteiger partial charge on any atom is 0.275 e. The van der Waals surface area contributed by atoms with Crippen LogP contribution < -0.4 is 10.9 Å². The van der Waals surface area contributed by atoms with Gasteiger partial charge in [0, 0.05) is 34.6 Å². The number of fused-ring (bicyclic) bond motifs is 1. The average Bonchev–Trinajstić information content (AvgIpc) is 3.26. The zero-order valence-electron chi connectivity index (χ0n) is 13.7. The summed E-state index contributed by atoms with van der Waals surface area (Å²) < 4.78 is 5.61. The van der Waals surface area contributed by atoms with Crippen molar-refractivity contribution in [2.24, 2.45) is 0 Å². The van der Waals surface area contributed by atoms with E-state index in [1.165, 1.54) is 11.3 Å². The van der Waals surface area contributed by atoms with Gasteiger partial charge in [-0.3, -0.25) is 9.59 Å². The lowest BCUT2D eigenvalue weighted by Crippen LogP contribution is -2.13. The molecule has 0 radical (unpaired) electrons. The van der Waals surface area contributed by atoms with Crippen molar-refractivity contribution in [3.8, 4) is 0 Å². The van der Waals surface area contributed by atoms with Gasteiger partial charge in [0.2, 0.25) is 5.56 Å². The molecular formula is C18H17N3O3S. The fourth-order valence-electron chi connectivity index (χ4n) is 3.01. The van der Waals surface area contributed by atoms with Crippen LogP contribution in [0.25, 0.3) is 10.9 Å². The molecule has 1 saturated heterocycles.